The number of hydrogen-bond donors (Lipinski definition) is 3. The number of aliphatic hydroxyl groups is 1. The van der Waals surface area contributed by atoms with Crippen LogP contribution in [0.3, 0.4) is 0 Å². The van der Waals surface area contributed by atoms with Crippen LogP contribution in [0, 0.1) is 0 Å². The first-order valence-corrected chi connectivity index (χ1v) is 10.6. The molecule has 0 aliphatic heterocycles. The number of alkyl carbamates (subject to hydrolysis) is 1. The van der Waals surface area contributed by atoms with Gasteiger partial charge in [-0.2, -0.15) is 0 Å². The van der Waals surface area contributed by atoms with E-state index in [4.69, 9.17) is 27.9 Å². The molecule has 0 bridgehead atoms. The second-order valence-corrected chi connectivity index (χ2v) is 8.24. The molecule has 0 spiro atoms. The Bertz CT molecular complexity index is 1140. The van der Waals surface area contributed by atoms with Crippen LogP contribution < -0.4 is 5.32 Å². The molecule has 3 aromatic rings. The molecule has 0 fully saturated rings. The number of amides is 1. The fraction of sp³-hybridized carbons (Fsp3) is 0.167. The van der Waals surface area contributed by atoms with Crippen molar-refractivity contribution < 1.29 is 24.5 Å². The number of nitrogens with one attached hydrogen (secondary N) is 1. The topological polar surface area (TPSA) is 95.9 Å². The summed E-state index contributed by atoms with van der Waals surface area (Å²) >= 11 is 12.1. The maximum absolute atomic E-state index is 12.6. The number of carbonyl (C=O) groups is 2. The third kappa shape index (κ3) is 4.30. The van der Waals surface area contributed by atoms with Crippen molar-refractivity contribution in [1.29, 1.82) is 0 Å². The molecular weight excluding hydrogens is 453 g/mol. The van der Waals surface area contributed by atoms with Crippen LogP contribution in [0.1, 0.15) is 28.7 Å². The summed E-state index contributed by atoms with van der Waals surface area (Å²) < 4.78 is 5.46. The van der Waals surface area contributed by atoms with Crippen LogP contribution in [0.2, 0.25) is 10.0 Å². The van der Waals surface area contributed by atoms with Gasteiger partial charge in [-0.15, -0.1) is 0 Å². The minimum Gasteiger partial charge on any atom is -0.479 e. The fourth-order valence-electron chi connectivity index (χ4n) is 3.99. The monoisotopic (exact) mass is 471 g/mol. The van der Waals surface area contributed by atoms with Crippen molar-refractivity contribution in [2.75, 3.05) is 6.61 Å². The Labute approximate surface area is 194 Å². The Morgan fingerprint density at radius 3 is 2.12 bits per heavy atom. The van der Waals surface area contributed by atoms with Crippen LogP contribution in [0.15, 0.2) is 66.7 Å². The first-order chi connectivity index (χ1) is 15.4. The lowest BCUT2D eigenvalue weighted by atomic mass is 9.98. The Morgan fingerprint density at radius 1 is 0.969 bits per heavy atom. The zero-order valence-corrected chi connectivity index (χ0v) is 18.2. The van der Waals surface area contributed by atoms with Crippen molar-refractivity contribution in [1.82, 2.24) is 5.32 Å². The minimum atomic E-state index is -1.94. The van der Waals surface area contributed by atoms with E-state index in [9.17, 15) is 19.8 Å². The number of carboxylic acids is 1. The Hall–Kier alpha value is -3.06. The number of fused-ring (bicyclic) bond motifs is 3. The average Bonchev–Trinajstić information content (AvgIpc) is 3.10. The molecule has 1 aliphatic carbocycles. The molecule has 3 N–H and O–H groups in total. The van der Waals surface area contributed by atoms with E-state index in [1.807, 2.05) is 48.5 Å². The highest BCUT2D eigenvalue weighted by molar-refractivity contribution is 6.35. The summed E-state index contributed by atoms with van der Waals surface area (Å²) in [6.07, 6.45) is -2.81. The van der Waals surface area contributed by atoms with E-state index in [2.05, 4.69) is 5.32 Å². The maximum Gasteiger partial charge on any atom is 0.407 e. The molecule has 2 atom stereocenters. The second-order valence-electron chi connectivity index (χ2n) is 7.40. The van der Waals surface area contributed by atoms with Gasteiger partial charge < -0.3 is 20.3 Å². The average molecular weight is 472 g/mol. The lowest BCUT2D eigenvalue weighted by molar-refractivity contribution is -0.148. The first kappa shape index (κ1) is 22.1. The number of ether oxygens (including phenoxy) is 1. The van der Waals surface area contributed by atoms with Gasteiger partial charge in [0, 0.05) is 16.0 Å². The number of aliphatic hydroxyl groups excluding tert-OH is 1. The number of hydrogen-bond acceptors (Lipinski definition) is 4. The summed E-state index contributed by atoms with van der Waals surface area (Å²) in [5.74, 6) is -1.67. The summed E-state index contributed by atoms with van der Waals surface area (Å²) in [4.78, 5) is 24.0. The second kappa shape index (κ2) is 9.20. The molecule has 8 heteroatoms. The molecule has 0 aromatic heterocycles. The number of benzene rings is 3. The fourth-order valence-corrected chi connectivity index (χ4v) is 4.52. The minimum absolute atomic E-state index is 0.0457. The van der Waals surface area contributed by atoms with Crippen LogP contribution in [-0.2, 0) is 9.53 Å². The predicted molar refractivity (Wildman–Crippen MR) is 121 cm³/mol. The lowest BCUT2D eigenvalue weighted by Gasteiger charge is -2.23. The summed E-state index contributed by atoms with van der Waals surface area (Å²) in [7, 11) is 0. The van der Waals surface area contributed by atoms with Gasteiger partial charge >= 0.3 is 12.1 Å². The third-order valence-corrected chi connectivity index (χ3v) is 6.05. The molecule has 0 saturated heterocycles. The van der Waals surface area contributed by atoms with Crippen molar-refractivity contribution in [2.24, 2.45) is 0 Å². The summed E-state index contributed by atoms with van der Waals surface area (Å²) in [6.45, 7) is 0.0457. The molecule has 0 saturated carbocycles. The standard InChI is InChI=1S/C24H19Cl2NO5/c25-13-9-10-18(20(26)11-13)21(22(28)23(29)30)27-24(31)32-12-19-16-7-3-1-5-14(16)15-6-2-4-8-17(15)19/h1-11,19,21-22,28H,12H2,(H,27,31)(H,29,30)/t21-,22-/m0/s1. The van der Waals surface area contributed by atoms with Crippen molar-refractivity contribution in [3.63, 3.8) is 0 Å². The number of rotatable bonds is 6. The molecule has 4 rings (SSSR count). The van der Waals surface area contributed by atoms with Gasteiger partial charge in [-0.1, -0.05) is 77.8 Å². The summed E-state index contributed by atoms with van der Waals surface area (Å²) in [5.41, 5.74) is 4.47. The zero-order valence-electron chi connectivity index (χ0n) is 16.7. The smallest absolute Gasteiger partial charge is 0.407 e. The van der Waals surface area contributed by atoms with Gasteiger partial charge in [0.2, 0.25) is 0 Å². The Morgan fingerprint density at radius 2 is 1.56 bits per heavy atom. The van der Waals surface area contributed by atoms with Gasteiger partial charge in [-0.25, -0.2) is 9.59 Å². The van der Waals surface area contributed by atoms with Gasteiger partial charge in [0.05, 0.1) is 6.04 Å². The van der Waals surface area contributed by atoms with E-state index in [1.165, 1.54) is 18.2 Å². The van der Waals surface area contributed by atoms with Crippen LogP contribution in [0.4, 0.5) is 4.79 Å². The SMILES string of the molecule is O=C(N[C@@H](c1ccc(Cl)cc1Cl)[C@H](O)C(=O)O)OCC1c2ccccc2-c2ccccc21. The quantitative estimate of drug-likeness (QED) is 0.469. The van der Waals surface area contributed by atoms with Gasteiger partial charge in [0.15, 0.2) is 6.10 Å². The van der Waals surface area contributed by atoms with Crippen LogP contribution in [0.5, 0.6) is 0 Å². The van der Waals surface area contributed by atoms with Gasteiger partial charge in [0.25, 0.3) is 0 Å². The van der Waals surface area contributed by atoms with E-state index in [-0.39, 0.29) is 23.1 Å². The van der Waals surface area contributed by atoms with Crippen molar-refractivity contribution in [2.45, 2.75) is 18.1 Å². The number of halogens is 2. The Kier molecular flexibility index (Phi) is 6.37. The van der Waals surface area contributed by atoms with Gasteiger partial charge in [-0.3, -0.25) is 0 Å². The van der Waals surface area contributed by atoms with Gasteiger partial charge in [0.1, 0.15) is 6.61 Å². The first-order valence-electron chi connectivity index (χ1n) is 9.84. The molecule has 0 unspecified atom stereocenters. The van der Waals surface area contributed by atoms with E-state index < -0.39 is 24.2 Å². The number of carbonyl (C=O) groups excluding carboxylic acids is 1. The third-order valence-electron chi connectivity index (χ3n) is 5.48. The Balaban J connectivity index is 1.53. The largest absolute Gasteiger partial charge is 0.479 e. The summed E-state index contributed by atoms with van der Waals surface area (Å²) in [5, 5.41) is 22.3. The van der Waals surface area contributed by atoms with E-state index in [0.29, 0.717) is 5.02 Å². The molecule has 32 heavy (non-hydrogen) atoms. The van der Waals surface area contributed by atoms with Crippen LogP contribution in [-0.4, -0.2) is 35.0 Å². The van der Waals surface area contributed by atoms with E-state index in [1.54, 1.807) is 0 Å². The number of aliphatic carboxylic acids is 1. The number of carboxylic acid groups (broad SMARTS) is 1. The normalized spacial score (nSPS) is 14.2. The molecule has 6 nitrogen and oxygen atoms in total. The molecule has 164 valence electrons. The van der Waals surface area contributed by atoms with Crippen molar-refractivity contribution >= 4 is 35.3 Å². The molecule has 1 amide bonds. The lowest BCUT2D eigenvalue weighted by Crippen LogP contribution is -2.41. The highest BCUT2D eigenvalue weighted by atomic mass is 35.5. The van der Waals surface area contributed by atoms with Crippen LogP contribution >= 0.6 is 23.2 Å². The predicted octanol–water partition coefficient (Wildman–Crippen LogP) is 5.02. The van der Waals surface area contributed by atoms with Crippen molar-refractivity contribution in [3.05, 3.63) is 93.5 Å². The molecular formula is C24H19Cl2NO5. The molecule has 3 aromatic carbocycles. The van der Waals surface area contributed by atoms with Crippen molar-refractivity contribution in [3.8, 4) is 11.1 Å². The molecule has 0 heterocycles. The van der Waals surface area contributed by atoms with E-state index in [0.717, 1.165) is 22.3 Å². The van der Waals surface area contributed by atoms with Gasteiger partial charge in [-0.05, 0) is 39.9 Å². The highest BCUT2D eigenvalue weighted by Gasteiger charge is 2.33. The maximum atomic E-state index is 12.6. The van der Waals surface area contributed by atoms with E-state index >= 15 is 0 Å². The van der Waals surface area contributed by atoms with Crippen LogP contribution in [0.25, 0.3) is 11.1 Å². The summed E-state index contributed by atoms with van der Waals surface area (Å²) in [6, 6.07) is 18.8. The highest BCUT2D eigenvalue weighted by Crippen LogP contribution is 2.44. The molecule has 0 radical (unpaired) electrons. The molecule has 1 aliphatic rings. The zero-order chi connectivity index (χ0) is 22.8.